The third kappa shape index (κ3) is 4.36. The van der Waals surface area contributed by atoms with Crippen LogP contribution in [0.1, 0.15) is 25.0 Å². The van der Waals surface area contributed by atoms with Crippen molar-refractivity contribution in [3.8, 4) is 5.69 Å². The molecule has 3 heteroatoms. The summed E-state index contributed by atoms with van der Waals surface area (Å²) in [5, 5.41) is 7.70. The van der Waals surface area contributed by atoms with E-state index in [4.69, 9.17) is 0 Å². The number of benzene rings is 8. The summed E-state index contributed by atoms with van der Waals surface area (Å²) in [7, 11) is 0. The second-order valence-electron chi connectivity index (χ2n) is 15.0. The molecule has 256 valence electrons. The highest BCUT2D eigenvalue weighted by Crippen LogP contribution is 2.45. The molecule has 0 unspecified atom stereocenters. The van der Waals surface area contributed by atoms with Gasteiger partial charge in [0.25, 0.3) is 0 Å². The fourth-order valence-corrected chi connectivity index (χ4v) is 9.12. The molecule has 0 aliphatic carbocycles. The van der Waals surface area contributed by atoms with E-state index in [-0.39, 0.29) is 5.41 Å². The number of anilines is 3. The van der Waals surface area contributed by atoms with Crippen molar-refractivity contribution in [3.63, 3.8) is 0 Å². The van der Waals surface area contributed by atoms with Crippen LogP contribution >= 0.6 is 0 Å². The molecule has 11 aromatic rings. The summed E-state index contributed by atoms with van der Waals surface area (Å²) < 4.78 is 4.97. The van der Waals surface area contributed by atoms with Gasteiger partial charge >= 0.3 is 0 Å². The third-order valence-electron chi connectivity index (χ3n) is 11.7. The Balaban J connectivity index is 1.16. The largest absolute Gasteiger partial charge is 0.310 e. The zero-order chi connectivity index (χ0) is 36.0. The van der Waals surface area contributed by atoms with Crippen LogP contribution in [0.5, 0.6) is 0 Å². The topological polar surface area (TPSA) is 12.6 Å². The summed E-state index contributed by atoms with van der Waals surface area (Å²) in [5.41, 5.74) is 13.0. The lowest BCUT2D eigenvalue weighted by Gasteiger charge is -2.30. The highest BCUT2D eigenvalue weighted by Gasteiger charge is 2.25. The van der Waals surface area contributed by atoms with Crippen LogP contribution in [0.15, 0.2) is 188 Å². The van der Waals surface area contributed by atoms with Crippen molar-refractivity contribution in [1.82, 2.24) is 8.97 Å². The lowest BCUT2D eigenvalue weighted by molar-refractivity contribution is 0.641. The smallest absolute Gasteiger partial charge is 0.0619 e. The van der Waals surface area contributed by atoms with E-state index in [2.05, 4.69) is 216 Å². The summed E-state index contributed by atoms with van der Waals surface area (Å²) in [6.07, 6.45) is 0. The van der Waals surface area contributed by atoms with Gasteiger partial charge < -0.3 is 13.9 Å². The molecule has 0 fully saturated rings. The summed E-state index contributed by atoms with van der Waals surface area (Å²) in [6.45, 7) is 4.63. The fourth-order valence-electron chi connectivity index (χ4n) is 9.12. The van der Waals surface area contributed by atoms with Gasteiger partial charge in [-0.05, 0) is 83.2 Å². The van der Waals surface area contributed by atoms with Gasteiger partial charge in [-0.15, -0.1) is 0 Å². The van der Waals surface area contributed by atoms with Gasteiger partial charge in [-0.3, -0.25) is 0 Å². The second-order valence-corrected chi connectivity index (χ2v) is 15.0. The SMILES string of the molecule is CC(C)(c1ccccc1)c1cccc(N(c2ccccc2)c2cccc(-n3c4cccc5c6cccc7c8ccccc8n(c8cccc3c8c54)c67)c2)c1. The maximum absolute atomic E-state index is 2.50. The summed E-state index contributed by atoms with van der Waals surface area (Å²) in [6, 6.07) is 68.9. The monoisotopic (exact) mass is 691 g/mol. The molecule has 0 aliphatic rings. The number of rotatable bonds is 6. The summed E-state index contributed by atoms with van der Waals surface area (Å²) in [4.78, 5) is 2.39. The van der Waals surface area contributed by atoms with Gasteiger partial charge in [-0.2, -0.15) is 0 Å². The number of aromatic nitrogens is 2. The van der Waals surface area contributed by atoms with Gasteiger partial charge in [0, 0.05) is 55.1 Å². The van der Waals surface area contributed by atoms with Crippen molar-refractivity contribution in [2.45, 2.75) is 19.3 Å². The first-order valence-corrected chi connectivity index (χ1v) is 18.8. The van der Waals surface area contributed by atoms with Crippen molar-refractivity contribution >= 4 is 77.0 Å². The van der Waals surface area contributed by atoms with Gasteiger partial charge in [-0.1, -0.05) is 135 Å². The first kappa shape index (κ1) is 30.8. The van der Waals surface area contributed by atoms with E-state index in [0.29, 0.717) is 0 Å². The molecule has 0 bridgehead atoms. The van der Waals surface area contributed by atoms with Crippen LogP contribution in [0, 0.1) is 0 Å². The molecular formula is C51H37N3. The number of para-hydroxylation sites is 3. The molecule has 3 aromatic heterocycles. The number of hydrogen-bond donors (Lipinski definition) is 0. The van der Waals surface area contributed by atoms with Gasteiger partial charge in [0.1, 0.15) is 0 Å². The molecule has 0 saturated carbocycles. The minimum absolute atomic E-state index is 0.167. The normalized spacial score (nSPS) is 12.3. The fraction of sp³-hybridized carbons (Fsp3) is 0.0588. The molecule has 0 spiro atoms. The van der Waals surface area contributed by atoms with Crippen molar-refractivity contribution in [2.75, 3.05) is 4.90 Å². The van der Waals surface area contributed by atoms with E-state index >= 15 is 0 Å². The molecule has 0 aliphatic heterocycles. The summed E-state index contributed by atoms with van der Waals surface area (Å²) >= 11 is 0. The average molecular weight is 692 g/mol. The number of fused-ring (bicyclic) bond motifs is 5. The molecule has 0 amide bonds. The summed E-state index contributed by atoms with van der Waals surface area (Å²) in [5.74, 6) is 0. The van der Waals surface area contributed by atoms with Gasteiger partial charge in [0.2, 0.25) is 0 Å². The Morgan fingerprint density at radius 3 is 1.72 bits per heavy atom. The minimum atomic E-state index is -0.167. The van der Waals surface area contributed by atoms with E-state index in [0.717, 1.165) is 22.7 Å². The quantitative estimate of drug-likeness (QED) is 0.169. The molecule has 3 nitrogen and oxygen atoms in total. The molecule has 0 atom stereocenters. The Kier molecular flexibility index (Phi) is 6.60. The van der Waals surface area contributed by atoms with E-state index in [1.54, 1.807) is 0 Å². The van der Waals surface area contributed by atoms with Crippen LogP contribution in [-0.4, -0.2) is 8.97 Å². The van der Waals surface area contributed by atoms with Gasteiger partial charge in [-0.25, -0.2) is 0 Å². The van der Waals surface area contributed by atoms with Crippen molar-refractivity contribution in [3.05, 3.63) is 199 Å². The van der Waals surface area contributed by atoms with E-state index in [1.165, 1.54) is 71.0 Å². The first-order chi connectivity index (χ1) is 26.6. The third-order valence-corrected chi connectivity index (χ3v) is 11.7. The Bertz CT molecular complexity index is 3180. The van der Waals surface area contributed by atoms with Crippen LogP contribution in [-0.2, 0) is 5.41 Å². The molecule has 0 N–H and O–H groups in total. The van der Waals surface area contributed by atoms with Gasteiger partial charge in [0.15, 0.2) is 0 Å². The number of hydrogen-bond acceptors (Lipinski definition) is 1. The van der Waals surface area contributed by atoms with Crippen LogP contribution in [0.4, 0.5) is 17.1 Å². The molecule has 0 saturated heterocycles. The molecule has 11 rings (SSSR count). The molecule has 54 heavy (non-hydrogen) atoms. The Hall–Kier alpha value is -6.84. The Labute approximate surface area is 313 Å². The van der Waals surface area contributed by atoms with Crippen molar-refractivity contribution < 1.29 is 0 Å². The predicted octanol–water partition coefficient (Wildman–Crippen LogP) is 13.7. The Morgan fingerprint density at radius 2 is 0.907 bits per heavy atom. The maximum Gasteiger partial charge on any atom is 0.0619 e. The van der Waals surface area contributed by atoms with Crippen LogP contribution < -0.4 is 4.90 Å². The van der Waals surface area contributed by atoms with Crippen LogP contribution in [0.3, 0.4) is 0 Å². The highest BCUT2D eigenvalue weighted by atomic mass is 15.1. The standard InChI is InChI=1S/C51H37N3/c1-51(2,34-16-5-3-6-17-34)35-18-11-21-37(32-35)52(36-19-7-4-8-20-36)38-22-12-23-39(33-38)53-45-29-14-25-41-43-27-13-26-42-40-24-9-10-28-44(40)54(50(42)43)47-31-15-30-46(53)49(47)48(41)45/h3-33H,1-2H3. The van der Waals surface area contributed by atoms with Crippen molar-refractivity contribution in [2.24, 2.45) is 0 Å². The zero-order valence-corrected chi connectivity index (χ0v) is 30.2. The van der Waals surface area contributed by atoms with Crippen molar-refractivity contribution in [1.29, 1.82) is 0 Å². The van der Waals surface area contributed by atoms with Crippen LogP contribution in [0.25, 0.3) is 65.6 Å². The van der Waals surface area contributed by atoms with E-state index in [9.17, 15) is 0 Å². The predicted molar refractivity (Wildman–Crippen MR) is 229 cm³/mol. The lowest BCUT2D eigenvalue weighted by atomic mass is 9.78. The molecule has 8 aromatic carbocycles. The maximum atomic E-state index is 2.50. The number of nitrogens with zero attached hydrogens (tertiary/aromatic N) is 3. The molecule has 0 radical (unpaired) electrons. The Morgan fingerprint density at radius 1 is 0.389 bits per heavy atom. The van der Waals surface area contributed by atoms with Gasteiger partial charge in [0.05, 0.1) is 27.6 Å². The van der Waals surface area contributed by atoms with E-state index in [1.807, 2.05) is 0 Å². The second kappa shape index (κ2) is 11.6. The van der Waals surface area contributed by atoms with Crippen LogP contribution in [0.2, 0.25) is 0 Å². The first-order valence-electron chi connectivity index (χ1n) is 18.8. The molecule has 3 heterocycles. The lowest BCUT2D eigenvalue weighted by Crippen LogP contribution is -2.19. The van der Waals surface area contributed by atoms with E-state index < -0.39 is 0 Å². The minimum Gasteiger partial charge on any atom is -0.310 e. The average Bonchev–Trinajstić information content (AvgIpc) is 3.71. The molecular weight excluding hydrogens is 655 g/mol. The zero-order valence-electron chi connectivity index (χ0n) is 30.2. The highest BCUT2D eigenvalue weighted by molar-refractivity contribution is 6.31.